The zero-order valence-corrected chi connectivity index (χ0v) is 11.5. The van der Waals surface area contributed by atoms with Crippen LogP contribution < -0.4 is 4.90 Å². The smallest absolute Gasteiger partial charge is 0.128 e. The van der Waals surface area contributed by atoms with Crippen molar-refractivity contribution in [3.05, 3.63) is 22.3 Å². The van der Waals surface area contributed by atoms with Crippen molar-refractivity contribution in [2.45, 2.75) is 39.0 Å². The third-order valence-corrected chi connectivity index (χ3v) is 4.02. The summed E-state index contributed by atoms with van der Waals surface area (Å²) in [6, 6.07) is 4.23. The van der Waals surface area contributed by atoms with Crippen LogP contribution in [0, 0.1) is 6.92 Å². The van der Waals surface area contributed by atoms with Gasteiger partial charge in [-0.1, -0.05) is 19.3 Å². The highest BCUT2D eigenvalue weighted by Crippen LogP contribution is 2.21. The lowest BCUT2D eigenvalue weighted by Gasteiger charge is -2.26. The van der Waals surface area contributed by atoms with E-state index >= 15 is 0 Å². The standard InChI is InChI=1S/C13H19BrN2/c1-11-12(14)7-8-13(15-11)16-9-5-3-2-4-6-10-16/h7-8H,2-6,9-10H2,1H3. The Labute approximate surface area is 106 Å². The van der Waals surface area contributed by atoms with E-state index in [0.717, 1.165) is 29.1 Å². The minimum atomic E-state index is 1.08. The molecule has 0 bridgehead atoms. The molecule has 1 aromatic rings. The summed E-state index contributed by atoms with van der Waals surface area (Å²) in [5.74, 6) is 1.14. The van der Waals surface area contributed by atoms with E-state index in [1.165, 1.54) is 32.1 Å². The third kappa shape index (κ3) is 2.97. The molecule has 2 nitrogen and oxygen atoms in total. The van der Waals surface area contributed by atoms with Gasteiger partial charge in [-0.25, -0.2) is 4.98 Å². The maximum absolute atomic E-state index is 4.65. The number of nitrogens with zero attached hydrogens (tertiary/aromatic N) is 2. The minimum absolute atomic E-state index is 1.08. The monoisotopic (exact) mass is 282 g/mol. The first-order valence-electron chi connectivity index (χ1n) is 6.15. The largest absolute Gasteiger partial charge is 0.357 e. The lowest BCUT2D eigenvalue weighted by molar-refractivity contribution is 0.553. The predicted molar refractivity (Wildman–Crippen MR) is 72.0 cm³/mol. The average Bonchev–Trinajstić information content (AvgIpc) is 2.22. The molecule has 1 aliphatic heterocycles. The molecule has 1 fully saturated rings. The second-order valence-electron chi connectivity index (χ2n) is 4.49. The van der Waals surface area contributed by atoms with Gasteiger partial charge in [-0.15, -0.1) is 0 Å². The molecule has 2 rings (SSSR count). The van der Waals surface area contributed by atoms with Crippen molar-refractivity contribution in [1.82, 2.24) is 4.98 Å². The van der Waals surface area contributed by atoms with Crippen LogP contribution in [0.4, 0.5) is 5.82 Å². The zero-order chi connectivity index (χ0) is 11.4. The topological polar surface area (TPSA) is 16.1 Å². The maximum atomic E-state index is 4.65. The molecular formula is C13H19BrN2. The van der Waals surface area contributed by atoms with Gasteiger partial charge in [0, 0.05) is 17.6 Å². The third-order valence-electron chi connectivity index (χ3n) is 3.19. The van der Waals surface area contributed by atoms with Gasteiger partial charge in [0.1, 0.15) is 5.82 Å². The molecule has 16 heavy (non-hydrogen) atoms. The Hall–Kier alpha value is -0.570. The quantitative estimate of drug-likeness (QED) is 0.776. The number of anilines is 1. The molecule has 1 aliphatic rings. The van der Waals surface area contributed by atoms with Gasteiger partial charge in [0.15, 0.2) is 0 Å². The summed E-state index contributed by atoms with van der Waals surface area (Å²) in [7, 11) is 0. The van der Waals surface area contributed by atoms with Crippen LogP contribution in [0.3, 0.4) is 0 Å². The van der Waals surface area contributed by atoms with E-state index in [4.69, 9.17) is 0 Å². The summed E-state index contributed by atoms with van der Waals surface area (Å²) in [4.78, 5) is 7.08. The molecule has 0 amide bonds. The molecule has 0 unspecified atom stereocenters. The fourth-order valence-electron chi connectivity index (χ4n) is 2.18. The minimum Gasteiger partial charge on any atom is -0.357 e. The highest BCUT2D eigenvalue weighted by molar-refractivity contribution is 9.10. The van der Waals surface area contributed by atoms with Gasteiger partial charge in [-0.2, -0.15) is 0 Å². The van der Waals surface area contributed by atoms with Crippen molar-refractivity contribution in [3.63, 3.8) is 0 Å². The molecule has 1 saturated heterocycles. The molecule has 3 heteroatoms. The van der Waals surface area contributed by atoms with Crippen LogP contribution in [-0.2, 0) is 0 Å². The summed E-state index contributed by atoms with van der Waals surface area (Å²) in [6.07, 6.45) is 6.74. The van der Waals surface area contributed by atoms with Crippen molar-refractivity contribution in [2.24, 2.45) is 0 Å². The van der Waals surface area contributed by atoms with Gasteiger partial charge in [-0.05, 0) is 47.8 Å². The normalized spacial score (nSPS) is 18.0. The van der Waals surface area contributed by atoms with Crippen molar-refractivity contribution < 1.29 is 0 Å². The van der Waals surface area contributed by atoms with Crippen LogP contribution in [0.25, 0.3) is 0 Å². The molecule has 0 aromatic carbocycles. The number of rotatable bonds is 1. The van der Waals surface area contributed by atoms with E-state index in [0.29, 0.717) is 0 Å². The van der Waals surface area contributed by atoms with Crippen LogP contribution in [0.1, 0.15) is 37.8 Å². The zero-order valence-electron chi connectivity index (χ0n) is 9.88. The number of aryl methyl sites for hydroxylation is 1. The van der Waals surface area contributed by atoms with Crippen LogP contribution >= 0.6 is 15.9 Å². The number of halogens is 1. The van der Waals surface area contributed by atoms with Crippen molar-refractivity contribution in [3.8, 4) is 0 Å². The van der Waals surface area contributed by atoms with Gasteiger partial charge in [0.2, 0.25) is 0 Å². The summed E-state index contributed by atoms with van der Waals surface area (Å²) in [5.41, 5.74) is 1.08. The first-order valence-corrected chi connectivity index (χ1v) is 6.95. The second kappa shape index (κ2) is 5.67. The Morgan fingerprint density at radius 3 is 2.31 bits per heavy atom. The number of pyridine rings is 1. The SMILES string of the molecule is Cc1nc(N2CCCCCCC2)ccc1Br. The first-order chi connectivity index (χ1) is 7.77. The first kappa shape index (κ1) is 11.9. The maximum Gasteiger partial charge on any atom is 0.128 e. The molecule has 88 valence electrons. The molecule has 0 aliphatic carbocycles. The highest BCUT2D eigenvalue weighted by Gasteiger charge is 2.10. The summed E-state index contributed by atoms with van der Waals surface area (Å²) >= 11 is 3.50. The molecule has 0 radical (unpaired) electrons. The van der Waals surface area contributed by atoms with Crippen molar-refractivity contribution >= 4 is 21.7 Å². The van der Waals surface area contributed by atoms with E-state index in [9.17, 15) is 0 Å². The van der Waals surface area contributed by atoms with Gasteiger partial charge < -0.3 is 4.90 Å². The fourth-order valence-corrected chi connectivity index (χ4v) is 2.40. The highest BCUT2D eigenvalue weighted by atomic mass is 79.9. The van der Waals surface area contributed by atoms with E-state index in [-0.39, 0.29) is 0 Å². The predicted octanol–water partition coefficient (Wildman–Crippen LogP) is 3.92. The van der Waals surface area contributed by atoms with E-state index in [1.807, 2.05) is 0 Å². The van der Waals surface area contributed by atoms with Gasteiger partial charge in [0.25, 0.3) is 0 Å². The second-order valence-corrected chi connectivity index (χ2v) is 5.35. The summed E-state index contributed by atoms with van der Waals surface area (Å²) < 4.78 is 1.10. The van der Waals surface area contributed by atoms with Crippen LogP contribution in [-0.4, -0.2) is 18.1 Å². The number of hydrogen-bond acceptors (Lipinski definition) is 2. The van der Waals surface area contributed by atoms with Crippen LogP contribution in [0.15, 0.2) is 16.6 Å². The van der Waals surface area contributed by atoms with Gasteiger partial charge in [-0.3, -0.25) is 0 Å². The van der Waals surface area contributed by atoms with E-state index < -0.39 is 0 Å². The summed E-state index contributed by atoms with van der Waals surface area (Å²) in [5, 5.41) is 0. The Kier molecular flexibility index (Phi) is 4.22. The summed E-state index contributed by atoms with van der Waals surface area (Å²) in [6.45, 7) is 4.37. The van der Waals surface area contributed by atoms with Gasteiger partial charge in [0.05, 0.1) is 5.69 Å². The Bertz CT molecular complexity index is 344. The van der Waals surface area contributed by atoms with E-state index in [2.05, 4.69) is 44.9 Å². The lowest BCUT2D eigenvalue weighted by Crippen LogP contribution is -2.27. The molecule has 0 saturated carbocycles. The number of aromatic nitrogens is 1. The molecule has 2 heterocycles. The van der Waals surface area contributed by atoms with Crippen molar-refractivity contribution in [2.75, 3.05) is 18.0 Å². The molecule has 0 atom stereocenters. The Balaban J connectivity index is 2.11. The molecular weight excluding hydrogens is 264 g/mol. The average molecular weight is 283 g/mol. The Morgan fingerprint density at radius 2 is 1.69 bits per heavy atom. The molecule has 1 aromatic heterocycles. The fraction of sp³-hybridized carbons (Fsp3) is 0.615. The molecule has 0 spiro atoms. The number of hydrogen-bond donors (Lipinski definition) is 0. The van der Waals surface area contributed by atoms with Crippen LogP contribution in [0.5, 0.6) is 0 Å². The Morgan fingerprint density at radius 1 is 1.06 bits per heavy atom. The van der Waals surface area contributed by atoms with Crippen molar-refractivity contribution in [1.29, 1.82) is 0 Å². The van der Waals surface area contributed by atoms with Gasteiger partial charge >= 0.3 is 0 Å². The van der Waals surface area contributed by atoms with E-state index in [1.54, 1.807) is 0 Å². The van der Waals surface area contributed by atoms with Crippen LogP contribution in [0.2, 0.25) is 0 Å². The lowest BCUT2D eigenvalue weighted by atomic mass is 10.1. The molecule has 0 N–H and O–H groups in total.